The van der Waals surface area contributed by atoms with Crippen molar-refractivity contribution in [3.8, 4) is 0 Å². The molecule has 0 radical (unpaired) electrons. The molecule has 0 aliphatic carbocycles. The number of halogens is 1. The summed E-state index contributed by atoms with van der Waals surface area (Å²) in [7, 11) is -3.64. The molecule has 1 amide bonds. The summed E-state index contributed by atoms with van der Waals surface area (Å²) in [5.74, 6) is -0.362. The van der Waals surface area contributed by atoms with Crippen LogP contribution in [-0.4, -0.2) is 41.7 Å². The summed E-state index contributed by atoms with van der Waals surface area (Å²) < 4.78 is 28.6. The average molecular weight is 541 g/mol. The number of carbonyl (C=O) groups excluding carboxylic acids is 1. The number of piperidine rings is 1. The summed E-state index contributed by atoms with van der Waals surface area (Å²) in [6.07, 6.45) is 2.59. The molecule has 0 saturated carbocycles. The van der Waals surface area contributed by atoms with E-state index in [9.17, 15) is 13.2 Å². The van der Waals surface area contributed by atoms with Gasteiger partial charge in [-0.05, 0) is 73.9 Å². The van der Waals surface area contributed by atoms with Gasteiger partial charge in [-0.2, -0.15) is 4.31 Å². The van der Waals surface area contributed by atoms with Gasteiger partial charge in [0.1, 0.15) is 0 Å². The number of aryl methyl sites for hydroxylation is 1. The zero-order valence-corrected chi connectivity index (χ0v) is 22.1. The number of fused-ring (bicyclic) bond motifs is 1. The number of benzene rings is 2. The second-order valence-corrected chi connectivity index (χ2v) is 12.2. The summed E-state index contributed by atoms with van der Waals surface area (Å²) in [4.78, 5) is 24.9. The Hall–Kier alpha value is -2.85. The summed E-state index contributed by atoms with van der Waals surface area (Å²) in [6, 6.07) is 17.8. The van der Waals surface area contributed by atoms with Crippen LogP contribution in [0.2, 0.25) is 5.02 Å². The maximum Gasteiger partial charge on any atom is 0.243 e. The standard InChI is InChI=1S/C26H25ClN4O3S2/c1-18-5-10-23-24(16-18)35-26(29-23)31(17-21-4-2-3-13-28-21)25(32)19-11-14-30(15-12-19)36(33,34)22-8-6-20(27)7-9-22/h2-10,13,16,19H,11-12,14-15,17H2,1H3. The number of anilines is 1. The molecule has 0 spiro atoms. The highest BCUT2D eigenvalue weighted by atomic mass is 35.5. The number of pyridine rings is 1. The maximum absolute atomic E-state index is 13.8. The summed E-state index contributed by atoms with van der Waals surface area (Å²) >= 11 is 7.40. The first-order valence-corrected chi connectivity index (χ1v) is 14.3. The molecule has 0 unspecified atom stereocenters. The van der Waals surface area contributed by atoms with E-state index in [1.54, 1.807) is 23.2 Å². The van der Waals surface area contributed by atoms with E-state index < -0.39 is 10.0 Å². The van der Waals surface area contributed by atoms with Crippen molar-refractivity contribution < 1.29 is 13.2 Å². The number of nitrogens with zero attached hydrogens (tertiary/aromatic N) is 4. The van der Waals surface area contributed by atoms with Gasteiger partial charge in [0.05, 0.1) is 27.4 Å². The lowest BCUT2D eigenvalue weighted by Gasteiger charge is -2.33. The van der Waals surface area contributed by atoms with Gasteiger partial charge in [-0.15, -0.1) is 0 Å². The number of amides is 1. The van der Waals surface area contributed by atoms with Crippen molar-refractivity contribution in [3.63, 3.8) is 0 Å². The van der Waals surface area contributed by atoms with Crippen LogP contribution in [-0.2, 0) is 21.4 Å². The normalized spacial score (nSPS) is 15.3. The Morgan fingerprint density at radius 3 is 2.56 bits per heavy atom. The van der Waals surface area contributed by atoms with Gasteiger partial charge in [0.15, 0.2) is 5.13 Å². The lowest BCUT2D eigenvalue weighted by atomic mass is 9.96. The van der Waals surface area contributed by atoms with Crippen LogP contribution >= 0.6 is 22.9 Å². The molecule has 1 aliphatic heterocycles. The highest BCUT2D eigenvalue weighted by Crippen LogP contribution is 2.33. The van der Waals surface area contributed by atoms with Crippen LogP contribution in [0.5, 0.6) is 0 Å². The predicted molar refractivity (Wildman–Crippen MR) is 143 cm³/mol. The molecule has 1 aliphatic rings. The quantitative estimate of drug-likeness (QED) is 0.332. The highest BCUT2D eigenvalue weighted by molar-refractivity contribution is 7.89. The van der Waals surface area contributed by atoms with Crippen LogP contribution in [0.1, 0.15) is 24.1 Å². The molecule has 7 nitrogen and oxygen atoms in total. The number of hydrogen-bond acceptors (Lipinski definition) is 6. The van der Waals surface area contributed by atoms with Gasteiger partial charge >= 0.3 is 0 Å². The van der Waals surface area contributed by atoms with Crippen molar-refractivity contribution in [1.82, 2.24) is 14.3 Å². The lowest BCUT2D eigenvalue weighted by Crippen LogP contribution is -2.44. The molecular formula is C26H25ClN4O3S2. The van der Waals surface area contributed by atoms with Crippen molar-refractivity contribution in [2.24, 2.45) is 5.92 Å². The minimum Gasteiger partial charge on any atom is -0.282 e. The lowest BCUT2D eigenvalue weighted by molar-refractivity contribution is -0.123. The van der Waals surface area contributed by atoms with Gasteiger partial charge < -0.3 is 0 Å². The summed E-state index contributed by atoms with van der Waals surface area (Å²) in [5.41, 5.74) is 2.75. The highest BCUT2D eigenvalue weighted by Gasteiger charge is 2.35. The summed E-state index contributed by atoms with van der Waals surface area (Å²) in [5, 5.41) is 1.11. The van der Waals surface area contributed by atoms with E-state index in [2.05, 4.69) is 11.1 Å². The van der Waals surface area contributed by atoms with Crippen molar-refractivity contribution in [3.05, 3.63) is 83.1 Å². The SMILES string of the molecule is Cc1ccc2nc(N(Cc3ccccn3)C(=O)C3CCN(S(=O)(=O)c4ccc(Cl)cc4)CC3)sc2c1. The van der Waals surface area contributed by atoms with Gasteiger partial charge in [0.25, 0.3) is 0 Å². The molecule has 1 saturated heterocycles. The fourth-order valence-corrected chi connectivity index (χ4v) is 7.01. The molecule has 0 N–H and O–H groups in total. The molecule has 1 fully saturated rings. The molecule has 0 atom stereocenters. The first kappa shape index (κ1) is 24.8. The van der Waals surface area contributed by atoms with Crippen LogP contribution in [0, 0.1) is 12.8 Å². The Morgan fingerprint density at radius 1 is 1.11 bits per heavy atom. The van der Waals surface area contributed by atoms with Crippen molar-refractivity contribution in [2.75, 3.05) is 18.0 Å². The van der Waals surface area contributed by atoms with E-state index in [4.69, 9.17) is 16.6 Å². The van der Waals surface area contributed by atoms with Crippen LogP contribution in [0.3, 0.4) is 0 Å². The molecule has 186 valence electrons. The zero-order valence-electron chi connectivity index (χ0n) is 19.7. The van der Waals surface area contributed by atoms with E-state index in [0.29, 0.717) is 29.5 Å². The maximum atomic E-state index is 13.8. The van der Waals surface area contributed by atoms with Crippen LogP contribution in [0.15, 0.2) is 71.8 Å². The van der Waals surface area contributed by atoms with E-state index >= 15 is 0 Å². The van der Waals surface area contributed by atoms with Crippen LogP contribution in [0.4, 0.5) is 5.13 Å². The van der Waals surface area contributed by atoms with E-state index in [-0.39, 0.29) is 29.8 Å². The number of hydrogen-bond donors (Lipinski definition) is 0. The second-order valence-electron chi connectivity index (χ2n) is 8.85. The molecule has 5 rings (SSSR count). The molecule has 0 bridgehead atoms. The van der Waals surface area contributed by atoms with Crippen LogP contribution in [0.25, 0.3) is 10.2 Å². The van der Waals surface area contributed by atoms with E-state index in [1.807, 2.05) is 37.3 Å². The number of thiazole rings is 1. The minimum absolute atomic E-state index is 0.0556. The zero-order chi connectivity index (χ0) is 25.3. The first-order valence-electron chi connectivity index (χ1n) is 11.7. The Balaban J connectivity index is 1.37. The van der Waals surface area contributed by atoms with Gasteiger partial charge in [-0.1, -0.05) is 35.1 Å². The molecular weight excluding hydrogens is 516 g/mol. The van der Waals surface area contributed by atoms with Gasteiger partial charge in [-0.25, -0.2) is 13.4 Å². The largest absolute Gasteiger partial charge is 0.282 e. The van der Waals surface area contributed by atoms with Crippen LogP contribution < -0.4 is 4.90 Å². The monoisotopic (exact) mass is 540 g/mol. The molecule has 2 aromatic carbocycles. The number of aromatic nitrogens is 2. The third-order valence-electron chi connectivity index (χ3n) is 6.33. The molecule has 2 aromatic heterocycles. The predicted octanol–water partition coefficient (Wildman–Crippen LogP) is 5.29. The first-order chi connectivity index (χ1) is 17.3. The number of rotatable bonds is 6. The number of sulfonamides is 1. The Morgan fingerprint density at radius 2 is 1.86 bits per heavy atom. The Labute approximate surface area is 219 Å². The smallest absolute Gasteiger partial charge is 0.243 e. The van der Waals surface area contributed by atoms with E-state index in [0.717, 1.165) is 21.5 Å². The fraction of sp³-hybridized carbons (Fsp3) is 0.269. The van der Waals surface area contributed by atoms with Crippen molar-refractivity contribution in [2.45, 2.75) is 31.2 Å². The third kappa shape index (κ3) is 5.15. The Kier molecular flexibility index (Phi) is 7.07. The van der Waals surface area contributed by atoms with Gasteiger partial charge in [0, 0.05) is 30.2 Å². The van der Waals surface area contributed by atoms with E-state index in [1.165, 1.54) is 27.8 Å². The minimum atomic E-state index is -3.64. The summed E-state index contributed by atoms with van der Waals surface area (Å²) in [6.45, 7) is 2.89. The topological polar surface area (TPSA) is 83.5 Å². The molecule has 36 heavy (non-hydrogen) atoms. The van der Waals surface area contributed by atoms with Gasteiger partial charge in [0.2, 0.25) is 15.9 Å². The average Bonchev–Trinajstić information content (AvgIpc) is 3.31. The Bertz CT molecular complexity index is 1480. The fourth-order valence-electron chi connectivity index (χ4n) is 4.35. The second kappa shape index (κ2) is 10.3. The van der Waals surface area contributed by atoms with Gasteiger partial charge in [-0.3, -0.25) is 14.7 Å². The van der Waals surface area contributed by atoms with Crippen molar-refractivity contribution in [1.29, 1.82) is 0 Å². The molecule has 10 heteroatoms. The molecule has 4 aromatic rings. The number of carbonyl (C=O) groups is 1. The third-order valence-corrected chi connectivity index (χ3v) is 9.54. The van der Waals surface area contributed by atoms with Crippen molar-refractivity contribution >= 4 is 54.2 Å². The molecule has 3 heterocycles.